The average molecular weight is 419 g/mol. The zero-order chi connectivity index (χ0) is 21.3. The number of nitrogens with zero attached hydrogens (tertiary/aromatic N) is 2. The standard InChI is InChI=1S/C28H54N2/c1-5-9-15-29(16-10-6-2)21-23-13-14-26-24-19-25(27(20-24)28(23)26)22-30(17-11-7-3)18-12-8-4/h23-28H,5-22H2,1-4H3. The third-order valence-electron chi connectivity index (χ3n) is 9.09. The van der Waals surface area contributed by atoms with Crippen molar-refractivity contribution in [2.45, 2.75) is 105 Å². The van der Waals surface area contributed by atoms with Crippen LogP contribution in [0.4, 0.5) is 0 Å². The lowest BCUT2D eigenvalue weighted by Crippen LogP contribution is -2.40. The molecule has 6 unspecified atom stereocenters. The van der Waals surface area contributed by atoms with Gasteiger partial charge in [-0.3, -0.25) is 0 Å². The smallest absolute Gasteiger partial charge is 0.00125 e. The molecule has 30 heavy (non-hydrogen) atoms. The summed E-state index contributed by atoms with van der Waals surface area (Å²) in [6, 6.07) is 0. The molecule has 176 valence electrons. The van der Waals surface area contributed by atoms with E-state index in [1.807, 2.05) is 0 Å². The summed E-state index contributed by atoms with van der Waals surface area (Å²) in [5.74, 6) is 6.38. The maximum atomic E-state index is 2.87. The summed E-state index contributed by atoms with van der Waals surface area (Å²) in [7, 11) is 0. The van der Waals surface area contributed by atoms with Gasteiger partial charge in [0.05, 0.1) is 0 Å². The van der Waals surface area contributed by atoms with Crippen LogP contribution in [0.3, 0.4) is 0 Å². The van der Waals surface area contributed by atoms with E-state index in [2.05, 4.69) is 37.5 Å². The van der Waals surface area contributed by atoms with E-state index in [1.165, 1.54) is 90.6 Å². The molecule has 0 saturated heterocycles. The summed E-state index contributed by atoms with van der Waals surface area (Å²) < 4.78 is 0. The van der Waals surface area contributed by atoms with Crippen molar-refractivity contribution in [3.8, 4) is 0 Å². The molecule has 2 heteroatoms. The predicted octanol–water partition coefficient (Wildman–Crippen LogP) is 7.09. The highest BCUT2D eigenvalue weighted by Gasteiger charge is 2.57. The maximum Gasteiger partial charge on any atom is 0.00125 e. The lowest BCUT2D eigenvalue weighted by molar-refractivity contribution is 0.0948. The predicted molar refractivity (Wildman–Crippen MR) is 132 cm³/mol. The van der Waals surface area contributed by atoms with Crippen molar-refractivity contribution in [3.05, 3.63) is 0 Å². The second-order valence-electron chi connectivity index (χ2n) is 11.2. The second-order valence-corrected chi connectivity index (χ2v) is 11.2. The Bertz CT molecular complexity index is 448. The van der Waals surface area contributed by atoms with Crippen molar-refractivity contribution in [1.82, 2.24) is 9.80 Å². The fraction of sp³-hybridized carbons (Fsp3) is 1.00. The minimum atomic E-state index is 1.02. The minimum Gasteiger partial charge on any atom is -0.303 e. The van der Waals surface area contributed by atoms with Gasteiger partial charge in [-0.1, -0.05) is 53.4 Å². The molecular weight excluding hydrogens is 364 g/mol. The average Bonchev–Trinajstić information content (AvgIpc) is 3.44. The molecule has 3 aliphatic carbocycles. The topological polar surface area (TPSA) is 6.48 Å². The van der Waals surface area contributed by atoms with Gasteiger partial charge in [-0.05, 0) is 113 Å². The first-order valence-corrected chi connectivity index (χ1v) is 14.2. The number of unbranched alkanes of at least 4 members (excludes halogenated alkanes) is 4. The molecule has 0 spiro atoms. The van der Waals surface area contributed by atoms with Gasteiger partial charge in [-0.25, -0.2) is 0 Å². The number of rotatable bonds is 16. The van der Waals surface area contributed by atoms with Crippen LogP contribution in [-0.4, -0.2) is 49.1 Å². The van der Waals surface area contributed by atoms with Crippen LogP contribution in [0.1, 0.15) is 105 Å². The number of fused-ring (bicyclic) bond motifs is 5. The largest absolute Gasteiger partial charge is 0.303 e. The summed E-state index contributed by atoms with van der Waals surface area (Å²) in [5, 5.41) is 0. The molecule has 6 atom stereocenters. The summed E-state index contributed by atoms with van der Waals surface area (Å²) in [6.45, 7) is 17.7. The van der Waals surface area contributed by atoms with E-state index < -0.39 is 0 Å². The Morgan fingerprint density at radius 1 is 0.567 bits per heavy atom. The Hall–Kier alpha value is -0.0800. The Labute approximate surface area is 189 Å². The van der Waals surface area contributed by atoms with Crippen LogP contribution in [0.15, 0.2) is 0 Å². The van der Waals surface area contributed by atoms with E-state index in [1.54, 1.807) is 25.7 Å². The van der Waals surface area contributed by atoms with E-state index in [9.17, 15) is 0 Å². The molecule has 3 saturated carbocycles. The molecule has 0 aromatic rings. The normalized spacial score (nSPS) is 32.6. The van der Waals surface area contributed by atoms with Crippen molar-refractivity contribution < 1.29 is 0 Å². The monoisotopic (exact) mass is 418 g/mol. The van der Waals surface area contributed by atoms with Gasteiger partial charge in [0, 0.05) is 13.1 Å². The van der Waals surface area contributed by atoms with Crippen molar-refractivity contribution in [2.75, 3.05) is 39.3 Å². The van der Waals surface area contributed by atoms with Gasteiger partial charge in [0.25, 0.3) is 0 Å². The van der Waals surface area contributed by atoms with Crippen LogP contribution < -0.4 is 0 Å². The van der Waals surface area contributed by atoms with Crippen LogP contribution in [0.25, 0.3) is 0 Å². The highest BCUT2D eigenvalue weighted by atomic mass is 15.1. The fourth-order valence-corrected chi connectivity index (χ4v) is 7.58. The van der Waals surface area contributed by atoms with Gasteiger partial charge in [0.2, 0.25) is 0 Å². The van der Waals surface area contributed by atoms with E-state index in [-0.39, 0.29) is 0 Å². The first-order chi connectivity index (χ1) is 14.7. The lowest BCUT2D eigenvalue weighted by atomic mass is 9.72. The summed E-state index contributed by atoms with van der Waals surface area (Å²) in [6.07, 6.45) is 17.2. The van der Waals surface area contributed by atoms with Crippen LogP contribution in [0, 0.1) is 35.5 Å². The minimum absolute atomic E-state index is 1.02. The summed E-state index contributed by atoms with van der Waals surface area (Å²) in [4.78, 5) is 5.74. The van der Waals surface area contributed by atoms with Crippen molar-refractivity contribution in [1.29, 1.82) is 0 Å². The lowest BCUT2D eigenvalue weighted by Gasteiger charge is -2.38. The quantitative estimate of drug-likeness (QED) is 0.264. The van der Waals surface area contributed by atoms with E-state index in [0.29, 0.717) is 0 Å². The van der Waals surface area contributed by atoms with Crippen LogP contribution in [0.5, 0.6) is 0 Å². The molecule has 0 aromatic carbocycles. The Morgan fingerprint density at radius 3 is 1.57 bits per heavy atom. The number of hydrogen-bond acceptors (Lipinski definition) is 2. The van der Waals surface area contributed by atoms with Crippen molar-refractivity contribution >= 4 is 0 Å². The molecule has 3 rings (SSSR count). The SMILES string of the molecule is CCCCN(CCCC)CC1CC2CC1C1C(CN(CCCC)CCCC)CCC21. The van der Waals surface area contributed by atoms with Crippen LogP contribution in [-0.2, 0) is 0 Å². The molecule has 0 N–H and O–H groups in total. The van der Waals surface area contributed by atoms with Crippen LogP contribution in [0.2, 0.25) is 0 Å². The highest BCUT2D eigenvalue weighted by molar-refractivity contribution is 5.06. The van der Waals surface area contributed by atoms with Gasteiger partial charge in [-0.15, -0.1) is 0 Å². The summed E-state index contributed by atoms with van der Waals surface area (Å²) >= 11 is 0. The van der Waals surface area contributed by atoms with E-state index >= 15 is 0 Å². The molecule has 0 radical (unpaired) electrons. The van der Waals surface area contributed by atoms with Crippen LogP contribution >= 0.6 is 0 Å². The first kappa shape index (κ1) is 24.6. The molecular formula is C28H54N2. The summed E-state index contributed by atoms with van der Waals surface area (Å²) in [5.41, 5.74) is 0. The Kier molecular flexibility index (Phi) is 10.5. The number of hydrogen-bond donors (Lipinski definition) is 0. The first-order valence-electron chi connectivity index (χ1n) is 14.2. The van der Waals surface area contributed by atoms with Gasteiger partial charge < -0.3 is 9.80 Å². The third kappa shape index (κ3) is 6.25. The molecule has 0 heterocycles. The van der Waals surface area contributed by atoms with Gasteiger partial charge >= 0.3 is 0 Å². The third-order valence-corrected chi connectivity index (χ3v) is 9.09. The van der Waals surface area contributed by atoms with Crippen molar-refractivity contribution in [2.24, 2.45) is 35.5 Å². The maximum absolute atomic E-state index is 2.87. The van der Waals surface area contributed by atoms with Gasteiger partial charge in [-0.2, -0.15) is 0 Å². The zero-order valence-corrected chi connectivity index (χ0v) is 21.1. The fourth-order valence-electron chi connectivity index (χ4n) is 7.58. The van der Waals surface area contributed by atoms with Gasteiger partial charge in [0.15, 0.2) is 0 Å². The highest BCUT2D eigenvalue weighted by Crippen LogP contribution is 2.62. The van der Waals surface area contributed by atoms with Gasteiger partial charge in [0.1, 0.15) is 0 Å². The van der Waals surface area contributed by atoms with E-state index in [4.69, 9.17) is 0 Å². The molecule has 3 aliphatic rings. The van der Waals surface area contributed by atoms with Crippen molar-refractivity contribution in [3.63, 3.8) is 0 Å². The molecule has 2 nitrogen and oxygen atoms in total. The molecule has 0 amide bonds. The molecule has 0 aromatic heterocycles. The molecule has 0 aliphatic heterocycles. The molecule has 2 bridgehead atoms. The van der Waals surface area contributed by atoms with E-state index in [0.717, 1.165) is 35.5 Å². The second kappa shape index (κ2) is 12.8. The Morgan fingerprint density at radius 2 is 1.07 bits per heavy atom. The zero-order valence-electron chi connectivity index (χ0n) is 21.1. The molecule has 3 fully saturated rings. The Balaban J connectivity index is 1.58.